The Balaban J connectivity index is 1.74. The molecule has 5 nitrogen and oxygen atoms in total. The topological polar surface area (TPSA) is 53.7 Å². The Hall–Kier alpha value is -2.04. The van der Waals surface area contributed by atoms with Crippen molar-refractivity contribution in [2.45, 2.75) is 13.0 Å². The molecular formula is C12H15N5. The predicted octanol–water partition coefficient (Wildman–Crippen LogP) is 0.773. The van der Waals surface area contributed by atoms with Gasteiger partial charge in [0.1, 0.15) is 0 Å². The van der Waals surface area contributed by atoms with Gasteiger partial charge in [-0.05, 0) is 18.6 Å². The summed E-state index contributed by atoms with van der Waals surface area (Å²) in [5.41, 5.74) is 2.32. The lowest BCUT2D eigenvalue weighted by atomic mass is 10.2. The molecule has 0 fully saturated rings. The third-order valence-corrected chi connectivity index (χ3v) is 2.85. The molecule has 0 radical (unpaired) electrons. The molecule has 3 rings (SSSR count). The van der Waals surface area contributed by atoms with Crippen molar-refractivity contribution < 1.29 is 0 Å². The number of guanidine groups is 1. The Morgan fingerprint density at radius 1 is 1.41 bits per heavy atom. The molecule has 0 aliphatic carbocycles. The van der Waals surface area contributed by atoms with Crippen molar-refractivity contribution in [3.05, 3.63) is 36.2 Å². The molecule has 0 atom stereocenters. The number of aromatic nitrogens is 2. The average molecular weight is 229 g/mol. The van der Waals surface area contributed by atoms with Crippen LogP contribution in [0.5, 0.6) is 0 Å². The SMILES string of the molecule is c1ccn2ncc(CNC3=NCCCN3)c2c1. The molecule has 0 spiro atoms. The van der Waals surface area contributed by atoms with E-state index in [0.29, 0.717) is 0 Å². The lowest BCUT2D eigenvalue weighted by molar-refractivity contribution is 0.702. The maximum absolute atomic E-state index is 4.38. The lowest BCUT2D eigenvalue weighted by Gasteiger charge is -2.15. The first-order valence-corrected chi connectivity index (χ1v) is 5.87. The van der Waals surface area contributed by atoms with E-state index in [1.54, 1.807) is 0 Å². The van der Waals surface area contributed by atoms with Gasteiger partial charge < -0.3 is 10.6 Å². The zero-order valence-corrected chi connectivity index (χ0v) is 9.56. The molecule has 1 aliphatic rings. The highest BCUT2D eigenvalue weighted by atomic mass is 15.2. The van der Waals surface area contributed by atoms with Gasteiger partial charge in [0.2, 0.25) is 0 Å². The predicted molar refractivity (Wildman–Crippen MR) is 67.0 cm³/mol. The standard InChI is InChI=1S/C12H15N5/c1-2-7-17-11(4-1)10(9-16-17)8-15-12-13-5-3-6-14-12/h1-2,4,7,9H,3,5-6,8H2,(H2,13,14,15). The molecule has 88 valence electrons. The van der Waals surface area contributed by atoms with Crippen LogP contribution < -0.4 is 10.6 Å². The van der Waals surface area contributed by atoms with Crippen LogP contribution in [0.1, 0.15) is 12.0 Å². The molecule has 2 aromatic heterocycles. The van der Waals surface area contributed by atoms with Gasteiger partial charge in [0.15, 0.2) is 5.96 Å². The number of aliphatic imine (C=N–C) groups is 1. The summed E-state index contributed by atoms with van der Waals surface area (Å²) in [4.78, 5) is 4.38. The zero-order valence-electron chi connectivity index (χ0n) is 9.56. The molecule has 1 aliphatic heterocycles. The number of hydrogen-bond acceptors (Lipinski definition) is 4. The first-order chi connectivity index (χ1) is 8.43. The molecule has 0 aromatic carbocycles. The zero-order chi connectivity index (χ0) is 11.5. The van der Waals surface area contributed by atoms with Crippen molar-refractivity contribution in [1.82, 2.24) is 20.2 Å². The summed E-state index contributed by atoms with van der Waals surface area (Å²) in [7, 11) is 0. The molecule has 0 amide bonds. The van der Waals surface area contributed by atoms with E-state index >= 15 is 0 Å². The fourth-order valence-corrected chi connectivity index (χ4v) is 1.95. The third-order valence-electron chi connectivity index (χ3n) is 2.85. The summed E-state index contributed by atoms with van der Waals surface area (Å²) < 4.78 is 1.88. The largest absolute Gasteiger partial charge is 0.356 e. The minimum absolute atomic E-state index is 0.749. The minimum Gasteiger partial charge on any atom is -0.356 e. The van der Waals surface area contributed by atoms with Gasteiger partial charge in [-0.25, -0.2) is 4.52 Å². The van der Waals surface area contributed by atoms with Gasteiger partial charge in [0.25, 0.3) is 0 Å². The molecule has 5 heteroatoms. The van der Waals surface area contributed by atoms with Crippen LogP contribution in [0.3, 0.4) is 0 Å². The fraction of sp³-hybridized carbons (Fsp3) is 0.333. The molecule has 17 heavy (non-hydrogen) atoms. The minimum atomic E-state index is 0.749. The van der Waals surface area contributed by atoms with E-state index in [0.717, 1.165) is 37.5 Å². The second kappa shape index (κ2) is 4.45. The van der Waals surface area contributed by atoms with E-state index in [9.17, 15) is 0 Å². The Morgan fingerprint density at radius 2 is 2.41 bits per heavy atom. The number of nitrogens with zero attached hydrogens (tertiary/aromatic N) is 3. The smallest absolute Gasteiger partial charge is 0.191 e. The maximum Gasteiger partial charge on any atom is 0.191 e. The normalized spacial score (nSPS) is 15.4. The molecule has 3 heterocycles. The molecule has 0 saturated heterocycles. The summed E-state index contributed by atoms with van der Waals surface area (Å²) in [6, 6.07) is 6.07. The van der Waals surface area contributed by atoms with E-state index in [-0.39, 0.29) is 0 Å². The van der Waals surface area contributed by atoms with Crippen molar-refractivity contribution in [2.75, 3.05) is 13.1 Å². The van der Waals surface area contributed by atoms with Crippen LogP contribution in [0.15, 0.2) is 35.6 Å². The van der Waals surface area contributed by atoms with Crippen molar-refractivity contribution in [3.63, 3.8) is 0 Å². The first-order valence-electron chi connectivity index (χ1n) is 5.87. The van der Waals surface area contributed by atoms with Crippen LogP contribution in [0.4, 0.5) is 0 Å². The Morgan fingerprint density at radius 3 is 3.29 bits per heavy atom. The van der Waals surface area contributed by atoms with Gasteiger partial charge in [0, 0.05) is 31.4 Å². The van der Waals surface area contributed by atoms with E-state index < -0.39 is 0 Å². The van der Waals surface area contributed by atoms with Crippen molar-refractivity contribution in [1.29, 1.82) is 0 Å². The van der Waals surface area contributed by atoms with E-state index in [1.807, 2.05) is 29.0 Å². The molecule has 0 saturated carbocycles. The van der Waals surface area contributed by atoms with Crippen LogP contribution in [0, 0.1) is 0 Å². The van der Waals surface area contributed by atoms with Gasteiger partial charge >= 0.3 is 0 Å². The van der Waals surface area contributed by atoms with Crippen LogP contribution in [0.25, 0.3) is 5.52 Å². The number of hydrogen-bond donors (Lipinski definition) is 2. The maximum atomic E-state index is 4.38. The summed E-state index contributed by atoms with van der Waals surface area (Å²) in [5, 5.41) is 10.8. The van der Waals surface area contributed by atoms with Crippen LogP contribution in [-0.4, -0.2) is 28.7 Å². The highest BCUT2D eigenvalue weighted by Gasteiger charge is 2.06. The number of fused-ring (bicyclic) bond motifs is 1. The van der Waals surface area contributed by atoms with Crippen molar-refractivity contribution >= 4 is 11.5 Å². The molecule has 2 N–H and O–H groups in total. The van der Waals surface area contributed by atoms with Crippen LogP contribution >= 0.6 is 0 Å². The lowest BCUT2D eigenvalue weighted by Crippen LogP contribution is -2.40. The highest BCUT2D eigenvalue weighted by molar-refractivity contribution is 5.80. The van der Waals surface area contributed by atoms with Gasteiger partial charge in [-0.2, -0.15) is 5.10 Å². The van der Waals surface area contributed by atoms with E-state index in [1.165, 1.54) is 5.56 Å². The van der Waals surface area contributed by atoms with Gasteiger partial charge in [-0.1, -0.05) is 6.07 Å². The summed E-state index contributed by atoms with van der Waals surface area (Å²) in [6.45, 7) is 2.66. The Bertz CT molecular complexity index is 543. The second-order valence-electron chi connectivity index (χ2n) is 4.06. The molecular weight excluding hydrogens is 214 g/mol. The summed E-state index contributed by atoms with van der Waals surface area (Å²) >= 11 is 0. The number of pyridine rings is 1. The Labute approximate surface area is 99.6 Å². The number of nitrogens with one attached hydrogen (secondary N) is 2. The van der Waals surface area contributed by atoms with Gasteiger partial charge in [0.05, 0.1) is 11.7 Å². The van der Waals surface area contributed by atoms with Crippen molar-refractivity contribution in [3.8, 4) is 0 Å². The molecule has 0 unspecified atom stereocenters. The highest BCUT2D eigenvalue weighted by Crippen LogP contribution is 2.09. The van der Waals surface area contributed by atoms with E-state index in [2.05, 4.69) is 26.8 Å². The molecule has 0 bridgehead atoms. The molecule has 2 aromatic rings. The summed E-state index contributed by atoms with van der Waals surface area (Å²) in [6.07, 6.45) is 4.96. The summed E-state index contributed by atoms with van der Waals surface area (Å²) in [5.74, 6) is 0.895. The average Bonchev–Trinajstić information content (AvgIpc) is 2.81. The number of rotatable bonds is 2. The van der Waals surface area contributed by atoms with Crippen LogP contribution in [-0.2, 0) is 6.54 Å². The van der Waals surface area contributed by atoms with Crippen molar-refractivity contribution in [2.24, 2.45) is 4.99 Å². The van der Waals surface area contributed by atoms with Crippen LogP contribution in [0.2, 0.25) is 0 Å². The first kappa shape index (κ1) is 10.1. The second-order valence-corrected chi connectivity index (χ2v) is 4.06. The monoisotopic (exact) mass is 229 g/mol. The third kappa shape index (κ3) is 2.08. The van der Waals surface area contributed by atoms with E-state index in [4.69, 9.17) is 0 Å². The fourth-order valence-electron chi connectivity index (χ4n) is 1.95. The van der Waals surface area contributed by atoms with Gasteiger partial charge in [-0.15, -0.1) is 0 Å². The van der Waals surface area contributed by atoms with Gasteiger partial charge in [-0.3, -0.25) is 4.99 Å². The quantitative estimate of drug-likeness (QED) is 0.800. The Kier molecular flexibility index (Phi) is 2.65.